The van der Waals surface area contributed by atoms with Gasteiger partial charge in [-0.2, -0.15) is 0 Å². The smallest absolute Gasteiger partial charge is 0.229 e. The molecule has 4 rings (SSSR count). The van der Waals surface area contributed by atoms with Crippen LogP contribution >= 0.6 is 0 Å². The zero-order valence-electron chi connectivity index (χ0n) is 17.6. The number of phenolic OH excluding ortho intramolecular Hbond substituents is 1. The summed E-state index contributed by atoms with van der Waals surface area (Å²) in [5.74, 6) is 0.392. The van der Waals surface area contributed by atoms with Gasteiger partial charge in [0.15, 0.2) is 5.43 Å². The molecule has 5 N–H and O–H groups in total. The van der Waals surface area contributed by atoms with Crippen LogP contribution in [0.25, 0.3) is 21.7 Å². The SMILES string of the molecule is COc1cc2cc3oc(C)cc(=O)c3c(O)c2c(O[C@H]2O[C@@H](CO)[C@H](O)[C@H](O)[C@@H]2O)c1C. The molecule has 1 aromatic heterocycles. The van der Waals surface area contributed by atoms with Gasteiger partial charge < -0.3 is 44.2 Å². The fourth-order valence-electron chi connectivity index (χ4n) is 3.98. The molecule has 0 bridgehead atoms. The Kier molecular flexibility index (Phi) is 5.74. The van der Waals surface area contributed by atoms with Gasteiger partial charge in [-0.05, 0) is 31.4 Å². The summed E-state index contributed by atoms with van der Waals surface area (Å²) in [4.78, 5) is 12.5. The molecule has 0 spiro atoms. The number of hydrogen-bond acceptors (Lipinski definition) is 10. The first-order chi connectivity index (χ1) is 15.2. The Morgan fingerprint density at radius 1 is 1.03 bits per heavy atom. The summed E-state index contributed by atoms with van der Waals surface area (Å²) >= 11 is 0. The zero-order valence-corrected chi connectivity index (χ0v) is 17.6. The molecule has 10 nitrogen and oxygen atoms in total. The number of fused-ring (bicyclic) bond motifs is 2. The van der Waals surface area contributed by atoms with Crippen molar-refractivity contribution in [2.24, 2.45) is 0 Å². The molecule has 0 radical (unpaired) electrons. The lowest BCUT2D eigenvalue weighted by atomic mass is 9.98. The van der Waals surface area contributed by atoms with E-state index in [-0.39, 0.29) is 22.1 Å². The molecule has 1 aliphatic heterocycles. The first-order valence-electron chi connectivity index (χ1n) is 9.92. The predicted octanol–water partition coefficient (Wildman–Crippen LogP) is 0.456. The van der Waals surface area contributed by atoms with Gasteiger partial charge in [0.1, 0.15) is 58.4 Å². The molecule has 1 fully saturated rings. The van der Waals surface area contributed by atoms with Crippen molar-refractivity contribution in [2.45, 2.75) is 44.6 Å². The average Bonchev–Trinajstić information content (AvgIpc) is 2.74. The molecule has 2 heterocycles. The number of rotatable bonds is 4. The van der Waals surface area contributed by atoms with Crippen LogP contribution in [0.15, 0.2) is 27.4 Å². The van der Waals surface area contributed by atoms with Crippen molar-refractivity contribution in [1.29, 1.82) is 0 Å². The van der Waals surface area contributed by atoms with Crippen LogP contribution in [0.2, 0.25) is 0 Å². The number of aryl methyl sites for hydroxylation is 1. The van der Waals surface area contributed by atoms with E-state index < -0.39 is 48.5 Å². The number of aliphatic hydroxyl groups is 4. The van der Waals surface area contributed by atoms with E-state index in [0.717, 1.165) is 0 Å². The largest absolute Gasteiger partial charge is 0.506 e. The highest BCUT2D eigenvalue weighted by Crippen LogP contribution is 2.44. The lowest BCUT2D eigenvalue weighted by Gasteiger charge is -2.39. The van der Waals surface area contributed by atoms with Crippen molar-refractivity contribution in [3.8, 4) is 17.2 Å². The predicted molar refractivity (Wildman–Crippen MR) is 112 cm³/mol. The molecule has 32 heavy (non-hydrogen) atoms. The van der Waals surface area contributed by atoms with Gasteiger partial charge in [0.25, 0.3) is 0 Å². The van der Waals surface area contributed by atoms with E-state index in [2.05, 4.69) is 0 Å². The minimum Gasteiger partial charge on any atom is -0.506 e. The number of hydrogen-bond donors (Lipinski definition) is 5. The van der Waals surface area contributed by atoms with E-state index in [0.29, 0.717) is 22.5 Å². The summed E-state index contributed by atoms with van der Waals surface area (Å²) in [6.45, 7) is 2.63. The highest BCUT2D eigenvalue weighted by atomic mass is 16.7. The van der Waals surface area contributed by atoms with Crippen molar-refractivity contribution in [3.63, 3.8) is 0 Å². The van der Waals surface area contributed by atoms with Crippen LogP contribution in [0.1, 0.15) is 11.3 Å². The second kappa shape index (κ2) is 8.23. The molecular formula is C22H24O10. The van der Waals surface area contributed by atoms with Gasteiger partial charge in [0.2, 0.25) is 6.29 Å². The molecular weight excluding hydrogens is 424 g/mol. The van der Waals surface area contributed by atoms with Gasteiger partial charge in [0.05, 0.1) is 19.1 Å². The average molecular weight is 448 g/mol. The number of phenols is 1. The Morgan fingerprint density at radius 3 is 2.41 bits per heavy atom. The number of aromatic hydroxyl groups is 1. The minimum atomic E-state index is -1.66. The van der Waals surface area contributed by atoms with Gasteiger partial charge in [-0.25, -0.2) is 0 Å². The topological polar surface area (TPSA) is 159 Å². The highest BCUT2D eigenvalue weighted by Gasteiger charge is 2.45. The van der Waals surface area contributed by atoms with Crippen LogP contribution in [0, 0.1) is 13.8 Å². The Balaban J connectivity index is 1.94. The van der Waals surface area contributed by atoms with Crippen LogP contribution in [0.5, 0.6) is 17.2 Å². The van der Waals surface area contributed by atoms with E-state index in [1.165, 1.54) is 13.2 Å². The number of benzene rings is 2. The molecule has 1 saturated heterocycles. The van der Waals surface area contributed by atoms with Crippen molar-refractivity contribution >= 4 is 21.7 Å². The molecule has 0 saturated carbocycles. The Labute approximate surface area is 181 Å². The van der Waals surface area contributed by atoms with Crippen LogP contribution < -0.4 is 14.9 Å². The van der Waals surface area contributed by atoms with Crippen molar-refractivity contribution in [1.82, 2.24) is 0 Å². The van der Waals surface area contributed by atoms with E-state index in [1.807, 2.05) is 0 Å². The van der Waals surface area contributed by atoms with Crippen LogP contribution in [0.4, 0.5) is 0 Å². The maximum Gasteiger partial charge on any atom is 0.229 e. The summed E-state index contributed by atoms with van der Waals surface area (Å²) < 4.78 is 22.3. The first-order valence-corrected chi connectivity index (χ1v) is 9.92. The molecule has 10 heteroatoms. The molecule has 0 unspecified atom stereocenters. The fraction of sp³-hybridized carbons (Fsp3) is 0.409. The van der Waals surface area contributed by atoms with E-state index >= 15 is 0 Å². The second-order valence-electron chi connectivity index (χ2n) is 7.77. The molecule has 0 amide bonds. The van der Waals surface area contributed by atoms with E-state index in [1.54, 1.807) is 26.0 Å². The normalized spacial score (nSPS) is 25.9. The number of methoxy groups -OCH3 is 1. The zero-order chi connectivity index (χ0) is 23.3. The quantitative estimate of drug-likeness (QED) is 0.355. The van der Waals surface area contributed by atoms with Gasteiger partial charge in [0, 0.05) is 11.6 Å². The lowest BCUT2D eigenvalue weighted by Crippen LogP contribution is -2.60. The second-order valence-corrected chi connectivity index (χ2v) is 7.77. The number of ether oxygens (including phenoxy) is 3. The third-order valence-electron chi connectivity index (χ3n) is 5.67. The Bertz CT molecular complexity index is 1230. The van der Waals surface area contributed by atoms with Gasteiger partial charge >= 0.3 is 0 Å². The molecule has 2 aromatic carbocycles. The van der Waals surface area contributed by atoms with Crippen molar-refractivity contribution in [2.75, 3.05) is 13.7 Å². The van der Waals surface area contributed by atoms with Crippen molar-refractivity contribution in [3.05, 3.63) is 39.7 Å². The minimum absolute atomic E-state index is 0.0306. The fourth-order valence-corrected chi connectivity index (χ4v) is 3.98. The Morgan fingerprint density at radius 2 is 1.75 bits per heavy atom. The maximum atomic E-state index is 12.5. The third-order valence-corrected chi connectivity index (χ3v) is 5.67. The maximum absolute atomic E-state index is 12.5. The summed E-state index contributed by atoms with van der Waals surface area (Å²) in [7, 11) is 1.44. The molecule has 3 aromatic rings. The van der Waals surface area contributed by atoms with E-state index in [9.17, 15) is 30.3 Å². The third kappa shape index (κ3) is 3.46. The standard InChI is InChI=1S/C22H24O10/c1-8-4-11(24)16-13(30-8)6-10-5-12(29-3)9(2)21(15(10)18(16)26)32-22-20(28)19(27)17(25)14(7-23)31-22/h4-6,14,17,19-20,22-23,25-28H,7H2,1-3H3/t14-,17-,19-,20-,22+/m0/s1. The molecule has 5 atom stereocenters. The molecule has 1 aliphatic rings. The molecule has 0 aliphatic carbocycles. The van der Waals surface area contributed by atoms with Crippen LogP contribution in [-0.4, -0.2) is 70.0 Å². The summed E-state index contributed by atoms with van der Waals surface area (Å²) in [6.07, 6.45) is -7.54. The summed E-state index contributed by atoms with van der Waals surface area (Å²) in [6, 6.07) is 4.44. The number of aliphatic hydroxyl groups excluding tert-OH is 4. The van der Waals surface area contributed by atoms with Gasteiger partial charge in [-0.3, -0.25) is 4.79 Å². The van der Waals surface area contributed by atoms with Gasteiger partial charge in [-0.15, -0.1) is 0 Å². The summed E-state index contributed by atoms with van der Waals surface area (Å²) in [5, 5.41) is 51.5. The highest BCUT2D eigenvalue weighted by molar-refractivity contribution is 6.07. The Hall–Kier alpha value is -2.89. The van der Waals surface area contributed by atoms with Crippen LogP contribution in [0.3, 0.4) is 0 Å². The van der Waals surface area contributed by atoms with E-state index in [4.69, 9.17) is 18.6 Å². The summed E-state index contributed by atoms with van der Waals surface area (Å²) in [5.41, 5.74) is 0.142. The monoisotopic (exact) mass is 448 g/mol. The lowest BCUT2D eigenvalue weighted by molar-refractivity contribution is -0.277. The first kappa shape index (κ1) is 22.3. The van der Waals surface area contributed by atoms with Crippen molar-refractivity contribution < 1.29 is 44.2 Å². The molecule has 172 valence electrons. The van der Waals surface area contributed by atoms with Gasteiger partial charge in [-0.1, -0.05) is 0 Å². The van der Waals surface area contributed by atoms with Crippen LogP contribution in [-0.2, 0) is 4.74 Å².